The highest BCUT2D eigenvalue weighted by Crippen LogP contribution is 2.27. The lowest BCUT2D eigenvalue weighted by molar-refractivity contribution is -0.0857. The highest BCUT2D eigenvalue weighted by molar-refractivity contribution is 7.45. The Morgan fingerprint density at radius 3 is 1.44 bits per heavy atom. The van der Waals surface area contributed by atoms with Gasteiger partial charge >= 0.3 is 7.82 Å². The van der Waals surface area contributed by atoms with E-state index >= 15 is 0 Å². The molecule has 1 aliphatic carbocycles. The number of phosphoric acid groups is 1. The Hall–Kier alpha value is -1.41. The van der Waals surface area contributed by atoms with Crippen molar-refractivity contribution in [3.05, 3.63) is 35.4 Å². The van der Waals surface area contributed by atoms with Crippen LogP contribution in [0.15, 0.2) is 24.3 Å². The standard InChI is InChI=1S/C9H6O4.H3O4P/c10-7-5-3-1-2-4-6(5)8(11)9(7,12)13;1-5(2,3)4/h1-4,12-13H;(H3,1,2,3,4). The third-order valence-electron chi connectivity index (χ3n) is 2.05. The minimum absolute atomic E-state index is 0.0671. The van der Waals surface area contributed by atoms with Gasteiger partial charge in [-0.3, -0.25) is 9.59 Å². The summed E-state index contributed by atoms with van der Waals surface area (Å²) in [5, 5.41) is 18.2. The first-order chi connectivity index (χ1) is 8.05. The number of Topliss-reactive ketones (excluding diaryl/α,β-unsaturated/α-hetero) is 2. The van der Waals surface area contributed by atoms with E-state index < -0.39 is 25.2 Å². The van der Waals surface area contributed by atoms with Crippen LogP contribution in [0.5, 0.6) is 0 Å². The van der Waals surface area contributed by atoms with Crippen molar-refractivity contribution < 1.29 is 39.0 Å². The lowest BCUT2D eigenvalue weighted by Crippen LogP contribution is -2.40. The highest BCUT2D eigenvalue weighted by Gasteiger charge is 2.50. The monoisotopic (exact) mass is 276 g/mol. The Bertz CT molecular complexity index is 498. The highest BCUT2D eigenvalue weighted by atomic mass is 31.2. The van der Waals surface area contributed by atoms with Gasteiger partial charge in [0.05, 0.1) is 0 Å². The van der Waals surface area contributed by atoms with Crippen molar-refractivity contribution in [3.8, 4) is 0 Å². The molecular formula is C9H9O8P. The van der Waals surface area contributed by atoms with Gasteiger partial charge in [0.25, 0.3) is 5.79 Å². The van der Waals surface area contributed by atoms with Gasteiger partial charge in [-0.25, -0.2) is 4.57 Å². The molecule has 0 aromatic heterocycles. The molecule has 1 aromatic carbocycles. The van der Waals surface area contributed by atoms with E-state index in [0.29, 0.717) is 0 Å². The van der Waals surface area contributed by atoms with Gasteiger partial charge < -0.3 is 24.9 Å². The Kier molecular flexibility index (Phi) is 3.82. The second kappa shape index (κ2) is 4.69. The number of hydrogen-bond acceptors (Lipinski definition) is 5. The Morgan fingerprint density at radius 1 is 0.889 bits per heavy atom. The van der Waals surface area contributed by atoms with Gasteiger partial charge in [0.15, 0.2) is 0 Å². The fourth-order valence-corrected chi connectivity index (χ4v) is 1.36. The number of carbonyl (C=O) groups excluding carboxylic acids is 2. The van der Waals surface area contributed by atoms with E-state index in [-0.39, 0.29) is 11.1 Å². The van der Waals surface area contributed by atoms with Crippen LogP contribution < -0.4 is 0 Å². The molecule has 18 heavy (non-hydrogen) atoms. The summed E-state index contributed by atoms with van der Waals surface area (Å²) in [4.78, 5) is 44.0. The van der Waals surface area contributed by atoms with Crippen molar-refractivity contribution in [3.63, 3.8) is 0 Å². The first-order valence-corrected chi connectivity index (χ1v) is 6.03. The fourth-order valence-electron chi connectivity index (χ4n) is 1.36. The quantitative estimate of drug-likeness (QED) is 0.225. The normalized spacial score (nSPS) is 16.9. The van der Waals surface area contributed by atoms with Gasteiger partial charge in [-0.15, -0.1) is 0 Å². The summed E-state index contributed by atoms with van der Waals surface area (Å²) in [6.07, 6.45) is 0. The minimum Gasteiger partial charge on any atom is -0.353 e. The van der Waals surface area contributed by atoms with E-state index in [9.17, 15) is 9.59 Å². The summed E-state index contributed by atoms with van der Waals surface area (Å²) >= 11 is 0. The van der Waals surface area contributed by atoms with Crippen molar-refractivity contribution in [1.82, 2.24) is 0 Å². The van der Waals surface area contributed by atoms with Crippen molar-refractivity contribution in [2.24, 2.45) is 0 Å². The molecule has 0 radical (unpaired) electrons. The van der Waals surface area contributed by atoms with Gasteiger partial charge in [0.2, 0.25) is 11.6 Å². The Morgan fingerprint density at radius 2 is 1.17 bits per heavy atom. The number of ketones is 2. The topological polar surface area (TPSA) is 152 Å². The number of carbonyl (C=O) groups is 2. The Balaban J connectivity index is 0.000000280. The van der Waals surface area contributed by atoms with Crippen LogP contribution in [0.2, 0.25) is 0 Å². The molecule has 0 fully saturated rings. The average molecular weight is 276 g/mol. The SMILES string of the molecule is O=C1c2ccccc2C(=O)C1(O)O.O=P(O)(O)O. The molecule has 0 heterocycles. The van der Waals surface area contributed by atoms with Gasteiger partial charge in [-0.1, -0.05) is 24.3 Å². The molecule has 9 heteroatoms. The summed E-state index contributed by atoms with van der Waals surface area (Å²) in [5.74, 6) is -4.76. The van der Waals surface area contributed by atoms with Crippen molar-refractivity contribution in [1.29, 1.82) is 0 Å². The molecule has 0 saturated heterocycles. The molecular weight excluding hydrogens is 267 g/mol. The second-order valence-electron chi connectivity index (χ2n) is 3.39. The van der Waals surface area contributed by atoms with Crippen LogP contribution in [0.1, 0.15) is 20.7 Å². The minimum atomic E-state index is -4.64. The molecule has 0 saturated carbocycles. The van der Waals surface area contributed by atoms with Crippen LogP contribution in [-0.4, -0.2) is 42.2 Å². The maximum atomic E-state index is 11.2. The largest absolute Gasteiger partial charge is 0.466 e. The summed E-state index contributed by atoms with van der Waals surface area (Å²) in [6, 6.07) is 5.91. The molecule has 0 amide bonds. The molecule has 98 valence electrons. The molecule has 1 aliphatic rings. The molecule has 2 rings (SSSR count). The van der Waals surface area contributed by atoms with Crippen LogP contribution >= 0.6 is 7.82 Å². The van der Waals surface area contributed by atoms with Gasteiger partial charge in [-0.2, -0.15) is 0 Å². The lowest BCUT2D eigenvalue weighted by atomic mass is 10.1. The second-order valence-corrected chi connectivity index (χ2v) is 4.42. The molecule has 0 aliphatic heterocycles. The van der Waals surface area contributed by atoms with Gasteiger partial charge in [0.1, 0.15) is 0 Å². The number of fused-ring (bicyclic) bond motifs is 1. The third kappa shape index (κ3) is 3.08. The van der Waals surface area contributed by atoms with Crippen LogP contribution in [0, 0.1) is 0 Å². The van der Waals surface area contributed by atoms with Crippen LogP contribution in [-0.2, 0) is 4.57 Å². The zero-order valence-electron chi connectivity index (χ0n) is 8.72. The maximum Gasteiger partial charge on any atom is 0.466 e. The van der Waals surface area contributed by atoms with E-state index in [1.807, 2.05) is 0 Å². The van der Waals surface area contributed by atoms with E-state index in [1.165, 1.54) is 12.1 Å². The Labute approximate surface area is 100 Å². The zero-order chi connectivity index (χ0) is 14.1. The predicted molar refractivity (Wildman–Crippen MR) is 56.5 cm³/mol. The summed E-state index contributed by atoms with van der Waals surface area (Å²) in [7, 11) is -4.64. The molecule has 5 N–H and O–H groups in total. The number of hydrogen-bond donors (Lipinski definition) is 5. The third-order valence-corrected chi connectivity index (χ3v) is 2.05. The number of aliphatic hydroxyl groups is 2. The summed E-state index contributed by atoms with van der Waals surface area (Å²) in [6.45, 7) is 0. The average Bonchev–Trinajstić information content (AvgIpc) is 2.39. The number of rotatable bonds is 0. The zero-order valence-corrected chi connectivity index (χ0v) is 9.61. The fraction of sp³-hybridized carbons (Fsp3) is 0.111. The molecule has 0 unspecified atom stereocenters. The van der Waals surface area contributed by atoms with Crippen LogP contribution in [0.25, 0.3) is 0 Å². The first-order valence-electron chi connectivity index (χ1n) is 4.47. The smallest absolute Gasteiger partial charge is 0.353 e. The van der Waals surface area contributed by atoms with Crippen molar-refractivity contribution >= 4 is 19.4 Å². The maximum absolute atomic E-state index is 11.2. The van der Waals surface area contributed by atoms with Gasteiger partial charge in [0, 0.05) is 11.1 Å². The van der Waals surface area contributed by atoms with Crippen molar-refractivity contribution in [2.45, 2.75) is 5.79 Å². The molecule has 0 atom stereocenters. The van der Waals surface area contributed by atoms with Gasteiger partial charge in [-0.05, 0) is 0 Å². The molecule has 0 bridgehead atoms. The van der Waals surface area contributed by atoms with Crippen molar-refractivity contribution in [2.75, 3.05) is 0 Å². The van der Waals surface area contributed by atoms with Crippen LogP contribution in [0.4, 0.5) is 0 Å². The molecule has 0 spiro atoms. The van der Waals surface area contributed by atoms with Crippen LogP contribution in [0.3, 0.4) is 0 Å². The summed E-state index contributed by atoms with van der Waals surface area (Å²) in [5.41, 5.74) is 0.134. The molecule has 8 nitrogen and oxygen atoms in total. The van der Waals surface area contributed by atoms with E-state index in [2.05, 4.69) is 0 Å². The van der Waals surface area contributed by atoms with E-state index in [1.54, 1.807) is 12.1 Å². The van der Waals surface area contributed by atoms with E-state index in [0.717, 1.165) is 0 Å². The van der Waals surface area contributed by atoms with E-state index in [4.69, 9.17) is 29.5 Å². The summed E-state index contributed by atoms with van der Waals surface area (Å²) < 4.78 is 8.88. The predicted octanol–water partition coefficient (Wildman–Crippen LogP) is -1.18. The number of benzene rings is 1. The first kappa shape index (κ1) is 14.7. The lowest BCUT2D eigenvalue weighted by Gasteiger charge is -2.08. The molecule has 1 aromatic rings.